The van der Waals surface area contributed by atoms with E-state index in [1.54, 1.807) is 0 Å². The van der Waals surface area contributed by atoms with E-state index < -0.39 is 17.7 Å². The van der Waals surface area contributed by atoms with Gasteiger partial charge in [-0.15, -0.1) is 0 Å². The lowest BCUT2D eigenvalue weighted by molar-refractivity contribution is -0.147. The molecule has 2 rings (SSSR count). The van der Waals surface area contributed by atoms with Crippen LogP contribution in [0.15, 0.2) is 12.1 Å². The molecule has 1 aliphatic heterocycles. The van der Waals surface area contributed by atoms with Gasteiger partial charge in [0.25, 0.3) is 0 Å². The van der Waals surface area contributed by atoms with Gasteiger partial charge in [-0.2, -0.15) is 0 Å². The van der Waals surface area contributed by atoms with E-state index in [1.165, 1.54) is 26.0 Å². The number of aliphatic hydroxyl groups is 1. The van der Waals surface area contributed by atoms with Crippen LogP contribution in [-0.4, -0.2) is 29.4 Å². The Balaban J connectivity index is 2.59. The number of halogens is 1. The molecule has 0 spiro atoms. The Hall–Kier alpha value is -1.82. The molecule has 1 aromatic carbocycles. The zero-order valence-corrected chi connectivity index (χ0v) is 10.6. The average Bonchev–Trinajstić information content (AvgIpc) is 2.35. The van der Waals surface area contributed by atoms with Crippen molar-refractivity contribution in [3.63, 3.8) is 0 Å². The van der Waals surface area contributed by atoms with E-state index in [2.05, 4.69) is 0 Å². The molecule has 1 heterocycles. The molecule has 19 heavy (non-hydrogen) atoms. The quantitative estimate of drug-likeness (QED) is 0.875. The van der Waals surface area contributed by atoms with E-state index in [4.69, 9.17) is 14.6 Å². The molecule has 0 aliphatic carbocycles. The fraction of sp³-hybridized carbons (Fsp3) is 0.462. The van der Waals surface area contributed by atoms with Crippen LogP contribution in [0.1, 0.15) is 31.1 Å². The summed E-state index contributed by atoms with van der Waals surface area (Å²) in [6.07, 6.45) is -1.80. The highest BCUT2D eigenvalue weighted by atomic mass is 19.1. The Bertz CT molecular complexity index is 506. The van der Waals surface area contributed by atoms with Crippen LogP contribution in [-0.2, 0) is 10.5 Å². The molecule has 1 aliphatic rings. The minimum Gasteiger partial charge on any atom is -0.486 e. The van der Waals surface area contributed by atoms with E-state index in [1.807, 2.05) is 0 Å². The Morgan fingerprint density at radius 2 is 1.84 bits per heavy atom. The second-order valence-electron chi connectivity index (χ2n) is 4.80. The Morgan fingerprint density at radius 3 is 2.32 bits per heavy atom. The predicted molar refractivity (Wildman–Crippen MR) is 64.2 cm³/mol. The number of alkyl halides is 1. The summed E-state index contributed by atoms with van der Waals surface area (Å²) in [5, 5.41) is 18.6. The molecule has 2 N–H and O–H groups in total. The lowest BCUT2D eigenvalue weighted by atomic mass is 9.91. The smallest absolute Gasteiger partial charge is 0.337 e. The van der Waals surface area contributed by atoms with E-state index in [9.17, 15) is 14.3 Å². The van der Waals surface area contributed by atoms with Crippen molar-refractivity contribution in [1.82, 2.24) is 0 Å². The number of carboxylic acid groups (broad SMARTS) is 1. The lowest BCUT2D eigenvalue weighted by Crippen LogP contribution is -2.22. The van der Waals surface area contributed by atoms with Gasteiger partial charge in [0.05, 0.1) is 0 Å². The van der Waals surface area contributed by atoms with Crippen molar-refractivity contribution in [3.8, 4) is 11.5 Å². The highest BCUT2D eigenvalue weighted by Crippen LogP contribution is 2.40. The third-order valence-corrected chi connectivity index (χ3v) is 2.88. The molecule has 1 aromatic rings. The molecule has 104 valence electrons. The minimum absolute atomic E-state index is 0.0238. The van der Waals surface area contributed by atoms with Gasteiger partial charge in [0.2, 0.25) is 0 Å². The number of hydrogen-bond donors (Lipinski definition) is 2. The van der Waals surface area contributed by atoms with Crippen molar-refractivity contribution in [2.24, 2.45) is 0 Å². The maximum absolute atomic E-state index is 14.2. The molecule has 0 saturated carbocycles. The molecule has 5 nitrogen and oxygen atoms in total. The maximum Gasteiger partial charge on any atom is 0.337 e. The minimum atomic E-state index is -1.80. The first kappa shape index (κ1) is 13.6. The van der Waals surface area contributed by atoms with Gasteiger partial charge in [0.1, 0.15) is 18.9 Å². The van der Waals surface area contributed by atoms with Gasteiger partial charge >= 0.3 is 5.97 Å². The summed E-state index contributed by atoms with van der Waals surface area (Å²) in [6.45, 7) is 3.25. The molecule has 1 unspecified atom stereocenters. The van der Waals surface area contributed by atoms with Crippen molar-refractivity contribution in [2.45, 2.75) is 25.6 Å². The number of aliphatic hydroxyl groups excluding tert-OH is 1. The van der Waals surface area contributed by atoms with E-state index >= 15 is 0 Å². The second-order valence-corrected chi connectivity index (χ2v) is 4.80. The highest BCUT2D eigenvalue weighted by molar-refractivity contribution is 5.75. The number of carbonyl (C=O) groups is 1. The number of benzene rings is 1. The van der Waals surface area contributed by atoms with Gasteiger partial charge in [0, 0.05) is 5.56 Å². The van der Waals surface area contributed by atoms with Crippen molar-refractivity contribution >= 4 is 5.97 Å². The number of fused-ring (bicyclic) bond motifs is 1. The fourth-order valence-electron chi connectivity index (χ4n) is 1.98. The lowest BCUT2D eigenvalue weighted by Gasteiger charge is -2.25. The zero-order chi connectivity index (χ0) is 14.2. The fourth-order valence-corrected chi connectivity index (χ4v) is 1.98. The van der Waals surface area contributed by atoms with Crippen molar-refractivity contribution in [1.29, 1.82) is 0 Å². The standard InChI is InChI=1S/C13H15FO5/c1-13(2,14)8-6-10-9(18-3-4-19-10)5-7(8)11(15)12(16)17/h5-6,11,15H,3-4H2,1-2H3,(H,16,17). The Kier molecular flexibility index (Phi) is 3.36. The van der Waals surface area contributed by atoms with Gasteiger partial charge in [-0.3, -0.25) is 0 Å². The summed E-state index contributed by atoms with van der Waals surface area (Å²) >= 11 is 0. The predicted octanol–water partition coefficient (Wildman–Crippen LogP) is 1.78. The van der Waals surface area contributed by atoms with Gasteiger partial charge in [-0.05, 0) is 31.5 Å². The van der Waals surface area contributed by atoms with Gasteiger partial charge in [-0.25, -0.2) is 9.18 Å². The van der Waals surface area contributed by atoms with E-state index in [-0.39, 0.29) is 11.1 Å². The number of ether oxygens (including phenoxy) is 2. The van der Waals surface area contributed by atoms with Crippen LogP contribution in [0.4, 0.5) is 4.39 Å². The average molecular weight is 270 g/mol. The van der Waals surface area contributed by atoms with Crippen LogP contribution in [0.3, 0.4) is 0 Å². The first-order valence-electron chi connectivity index (χ1n) is 5.84. The Labute approximate surface area is 109 Å². The molecular weight excluding hydrogens is 255 g/mol. The SMILES string of the molecule is CC(C)(F)c1cc2c(cc1C(O)C(=O)O)OCCO2. The molecule has 1 atom stereocenters. The van der Waals surface area contributed by atoms with Gasteiger partial charge in [0.15, 0.2) is 17.6 Å². The molecule has 0 saturated heterocycles. The number of hydrogen-bond acceptors (Lipinski definition) is 4. The third kappa shape index (κ3) is 2.63. The highest BCUT2D eigenvalue weighted by Gasteiger charge is 2.31. The topological polar surface area (TPSA) is 76.0 Å². The maximum atomic E-state index is 14.2. The number of rotatable bonds is 3. The van der Waals surface area contributed by atoms with Crippen LogP contribution in [0, 0.1) is 0 Å². The van der Waals surface area contributed by atoms with Crippen LogP contribution >= 0.6 is 0 Å². The first-order valence-corrected chi connectivity index (χ1v) is 5.84. The van der Waals surface area contributed by atoms with Crippen LogP contribution in [0.25, 0.3) is 0 Å². The summed E-state index contributed by atoms with van der Waals surface area (Å²) in [5.41, 5.74) is -1.75. The first-order chi connectivity index (χ1) is 8.80. The molecule has 0 aromatic heterocycles. The van der Waals surface area contributed by atoms with Gasteiger partial charge < -0.3 is 19.7 Å². The second kappa shape index (κ2) is 4.70. The molecule has 0 fully saturated rings. The largest absolute Gasteiger partial charge is 0.486 e. The number of carboxylic acids is 1. The summed E-state index contributed by atoms with van der Waals surface area (Å²) in [5.74, 6) is -0.773. The van der Waals surface area contributed by atoms with Crippen LogP contribution in [0.5, 0.6) is 11.5 Å². The Morgan fingerprint density at radius 1 is 1.32 bits per heavy atom. The normalized spacial score (nSPS) is 16.0. The zero-order valence-electron chi connectivity index (χ0n) is 10.6. The summed E-state index contributed by atoms with van der Waals surface area (Å²) in [4.78, 5) is 10.9. The van der Waals surface area contributed by atoms with Crippen LogP contribution in [0.2, 0.25) is 0 Å². The van der Waals surface area contributed by atoms with E-state index in [0.29, 0.717) is 24.7 Å². The van der Waals surface area contributed by atoms with E-state index in [0.717, 1.165) is 0 Å². The van der Waals surface area contributed by atoms with Gasteiger partial charge in [-0.1, -0.05) is 0 Å². The number of aliphatic carboxylic acids is 1. The summed E-state index contributed by atoms with van der Waals surface area (Å²) in [6, 6.07) is 2.71. The molecule has 0 amide bonds. The molecular formula is C13H15FO5. The molecule has 0 bridgehead atoms. The van der Waals surface area contributed by atoms with Crippen molar-refractivity contribution in [3.05, 3.63) is 23.3 Å². The molecule has 6 heteroatoms. The summed E-state index contributed by atoms with van der Waals surface area (Å²) in [7, 11) is 0. The van der Waals surface area contributed by atoms with Crippen LogP contribution < -0.4 is 9.47 Å². The molecule has 0 radical (unpaired) electrons. The summed E-state index contributed by atoms with van der Waals surface area (Å²) < 4.78 is 24.8. The monoisotopic (exact) mass is 270 g/mol. The van der Waals surface area contributed by atoms with Crippen molar-refractivity contribution < 1.29 is 28.9 Å². The van der Waals surface area contributed by atoms with Crippen molar-refractivity contribution in [2.75, 3.05) is 13.2 Å². The third-order valence-electron chi connectivity index (χ3n) is 2.88.